The molecule has 0 spiro atoms. The molecule has 0 amide bonds. The molecule has 2 rings (SSSR count). The summed E-state index contributed by atoms with van der Waals surface area (Å²) in [7, 11) is 0. The third kappa shape index (κ3) is 0.947. The molecular formula is C11H20. The Labute approximate surface area is 70.4 Å². The fourth-order valence-electron chi connectivity index (χ4n) is 3.18. The monoisotopic (exact) mass is 152 g/mol. The highest BCUT2D eigenvalue weighted by molar-refractivity contribution is 5.00. The van der Waals surface area contributed by atoms with Crippen LogP contribution in [-0.4, -0.2) is 0 Å². The zero-order chi connectivity index (χ0) is 8.17. The van der Waals surface area contributed by atoms with Gasteiger partial charge in [-0.3, -0.25) is 0 Å². The van der Waals surface area contributed by atoms with Crippen LogP contribution in [0.15, 0.2) is 0 Å². The summed E-state index contributed by atoms with van der Waals surface area (Å²) >= 11 is 0. The fraction of sp³-hybridized carbons (Fsp3) is 1.00. The molecule has 0 bridgehead atoms. The molecule has 0 saturated heterocycles. The van der Waals surface area contributed by atoms with Crippen molar-refractivity contribution < 1.29 is 0 Å². The van der Waals surface area contributed by atoms with E-state index in [2.05, 4.69) is 27.7 Å². The Morgan fingerprint density at radius 2 is 1.27 bits per heavy atom. The van der Waals surface area contributed by atoms with Gasteiger partial charge >= 0.3 is 0 Å². The molecular weight excluding hydrogens is 132 g/mol. The van der Waals surface area contributed by atoms with Gasteiger partial charge in [-0.05, 0) is 41.9 Å². The smallest absolute Gasteiger partial charge is 0.0326 e. The van der Waals surface area contributed by atoms with Crippen LogP contribution >= 0.6 is 0 Å². The second-order valence-corrected chi connectivity index (χ2v) is 5.03. The molecule has 0 radical (unpaired) electrons. The van der Waals surface area contributed by atoms with Gasteiger partial charge in [0.1, 0.15) is 0 Å². The van der Waals surface area contributed by atoms with Crippen LogP contribution in [0.1, 0.15) is 34.1 Å². The van der Waals surface area contributed by atoms with Crippen molar-refractivity contribution in [2.24, 2.45) is 35.5 Å². The van der Waals surface area contributed by atoms with Crippen LogP contribution in [0.5, 0.6) is 0 Å². The van der Waals surface area contributed by atoms with E-state index >= 15 is 0 Å². The molecule has 0 aromatic heterocycles. The molecule has 4 atom stereocenters. The predicted octanol–water partition coefficient (Wildman–Crippen LogP) is 3.18. The van der Waals surface area contributed by atoms with Gasteiger partial charge in [0.15, 0.2) is 0 Å². The summed E-state index contributed by atoms with van der Waals surface area (Å²) in [6.45, 7) is 9.72. The van der Waals surface area contributed by atoms with Gasteiger partial charge in [0.2, 0.25) is 0 Å². The Balaban J connectivity index is 1.96. The lowest BCUT2D eigenvalue weighted by Crippen LogP contribution is -2.43. The van der Waals surface area contributed by atoms with Crippen molar-refractivity contribution in [1.29, 1.82) is 0 Å². The van der Waals surface area contributed by atoms with Gasteiger partial charge in [0.05, 0.1) is 0 Å². The molecule has 0 N–H and O–H groups in total. The second-order valence-electron chi connectivity index (χ2n) is 5.03. The van der Waals surface area contributed by atoms with E-state index in [1.54, 1.807) is 0 Å². The number of rotatable bonds is 1. The zero-order valence-electron chi connectivity index (χ0n) is 8.17. The lowest BCUT2D eigenvalue weighted by molar-refractivity contribution is -0.00382. The van der Waals surface area contributed by atoms with Gasteiger partial charge in [-0.2, -0.15) is 0 Å². The third-order valence-electron chi connectivity index (χ3n) is 4.54. The summed E-state index contributed by atoms with van der Waals surface area (Å²) in [6, 6.07) is 0. The topological polar surface area (TPSA) is 0 Å². The highest BCUT2D eigenvalue weighted by Crippen LogP contribution is 2.58. The molecule has 0 nitrogen and oxygen atoms in total. The summed E-state index contributed by atoms with van der Waals surface area (Å²) in [4.78, 5) is 0. The normalized spacial score (nSPS) is 62.2. The fourth-order valence-corrected chi connectivity index (χ4v) is 3.18. The van der Waals surface area contributed by atoms with Crippen LogP contribution in [-0.2, 0) is 0 Å². The third-order valence-corrected chi connectivity index (χ3v) is 4.54. The van der Waals surface area contributed by atoms with Crippen molar-refractivity contribution in [2.75, 3.05) is 0 Å². The first-order valence-electron chi connectivity index (χ1n) is 5.13. The first-order valence-corrected chi connectivity index (χ1v) is 5.13. The molecule has 64 valence electrons. The standard InChI is InChI=1S/C11H20/c1-6-5-10(6)11-8(3)7(2)9(11)4/h6-11H,5H2,1-4H3. The van der Waals surface area contributed by atoms with E-state index in [0.717, 1.165) is 35.5 Å². The van der Waals surface area contributed by atoms with Gasteiger partial charge in [0.25, 0.3) is 0 Å². The zero-order valence-corrected chi connectivity index (χ0v) is 8.17. The summed E-state index contributed by atoms with van der Waals surface area (Å²) in [5.41, 5.74) is 0. The van der Waals surface area contributed by atoms with E-state index < -0.39 is 0 Å². The van der Waals surface area contributed by atoms with Gasteiger partial charge in [-0.15, -0.1) is 0 Å². The maximum atomic E-state index is 2.44. The highest BCUT2D eigenvalue weighted by Gasteiger charge is 2.52. The Morgan fingerprint density at radius 3 is 1.64 bits per heavy atom. The van der Waals surface area contributed by atoms with Gasteiger partial charge < -0.3 is 0 Å². The summed E-state index contributed by atoms with van der Waals surface area (Å²) < 4.78 is 0. The summed E-state index contributed by atoms with van der Waals surface area (Å²) in [5.74, 6) is 6.27. The van der Waals surface area contributed by atoms with Crippen LogP contribution in [0.3, 0.4) is 0 Å². The predicted molar refractivity (Wildman–Crippen MR) is 48.3 cm³/mol. The first-order chi connectivity index (χ1) is 5.13. The minimum absolute atomic E-state index is 0.993. The summed E-state index contributed by atoms with van der Waals surface area (Å²) in [6.07, 6.45) is 1.52. The molecule has 2 aliphatic rings. The molecule has 11 heavy (non-hydrogen) atoms. The molecule has 2 aliphatic carbocycles. The van der Waals surface area contributed by atoms with Crippen LogP contribution in [0.2, 0.25) is 0 Å². The number of hydrogen-bond acceptors (Lipinski definition) is 0. The van der Waals surface area contributed by atoms with Crippen LogP contribution in [0.4, 0.5) is 0 Å². The maximum Gasteiger partial charge on any atom is -0.0326 e. The maximum absolute atomic E-state index is 2.44. The molecule has 0 heterocycles. The lowest BCUT2D eigenvalue weighted by Gasteiger charge is -2.48. The molecule has 2 saturated carbocycles. The molecule has 0 heteroatoms. The Hall–Kier alpha value is 0. The highest BCUT2D eigenvalue weighted by atomic mass is 14.6. The number of hydrogen-bond donors (Lipinski definition) is 0. The average Bonchev–Trinajstić information content (AvgIpc) is 2.67. The lowest BCUT2D eigenvalue weighted by atomic mass is 9.57. The van der Waals surface area contributed by atoms with Crippen molar-refractivity contribution in [3.8, 4) is 0 Å². The minimum Gasteiger partial charge on any atom is -0.0622 e. The van der Waals surface area contributed by atoms with E-state index in [9.17, 15) is 0 Å². The van der Waals surface area contributed by atoms with Gasteiger partial charge in [0, 0.05) is 0 Å². The Kier molecular flexibility index (Phi) is 1.56. The molecule has 2 fully saturated rings. The van der Waals surface area contributed by atoms with Gasteiger partial charge in [-0.1, -0.05) is 27.7 Å². The van der Waals surface area contributed by atoms with E-state index in [4.69, 9.17) is 0 Å². The van der Waals surface area contributed by atoms with Crippen molar-refractivity contribution in [3.63, 3.8) is 0 Å². The first kappa shape index (κ1) is 7.64. The second kappa shape index (κ2) is 2.24. The molecule has 0 aromatic rings. The molecule has 0 aromatic carbocycles. The van der Waals surface area contributed by atoms with Crippen LogP contribution in [0.25, 0.3) is 0 Å². The quantitative estimate of drug-likeness (QED) is 0.541. The van der Waals surface area contributed by atoms with E-state index in [1.807, 2.05) is 0 Å². The average molecular weight is 152 g/mol. The van der Waals surface area contributed by atoms with Crippen LogP contribution in [0, 0.1) is 35.5 Å². The van der Waals surface area contributed by atoms with Crippen molar-refractivity contribution in [2.45, 2.75) is 34.1 Å². The van der Waals surface area contributed by atoms with Crippen molar-refractivity contribution in [1.82, 2.24) is 0 Å². The molecule has 4 unspecified atom stereocenters. The Bertz CT molecular complexity index is 149. The van der Waals surface area contributed by atoms with E-state index in [1.165, 1.54) is 6.42 Å². The minimum atomic E-state index is 0.993. The Morgan fingerprint density at radius 1 is 0.818 bits per heavy atom. The van der Waals surface area contributed by atoms with Crippen molar-refractivity contribution >= 4 is 0 Å². The summed E-state index contributed by atoms with van der Waals surface area (Å²) in [5, 5.41) is 0. The SMILES string of the molecule is CC1CC1C1C(C)C(C)C1C. The largest absolute Gasteiger partial charge is 0.0622 e. The van der Waals surface area contributed by atoms with Crippen molar-refractivity contribution in [3.05, 3.63) is 0 Å². The van der Waals surface area contributed by atoms with E-state index in [0.29, 0.717) is 0 Å². The van der Waals surface area contributed by atoms with Gasteiger partial charge in [-0.25, -0.2) is 0 Å². The van der Waals surface area contributed by atoms with E-state index in [-0.39, 0.29) is 0 Å². The van der Waals surface area contributed by atoms with Crippen LogP contribution < -0.4 is 0 Å². The molecule has 0 aliphatic heterocycles.